The van der Waals surface area contributed by atoms with Crippen molar-refractivity contribution in [2.75, 3.05) is 13.2 Å². The SMILES string of the molecule is NC1(Cc2cccc([N+](=O)[O-])c2F)CCOCC1. The molecule has 1 aromatic carbocycles. The van der Waals surface area contributed by atoms with E-state index >= 15 is 0 Å². The Hall–Kier alpha value is -1.53. The van der Waals surface area contributed by atoms with Crippen molar-refractivity contribution in [1.29, 1.82) is 0 Å². The highest BCUT2D eigenvalue weighted by Crippen LogP contribution is 2.27. The zero-order valence-electron chi connectivity index (χ0n) is 9.89. The lowest BCUT2D eigenvalue weighted by molar-refractivity contribution is -0.387. The number of ether oxygens (including phenoxy) is 1. The van der Waals surface area contributed by atoms with Gasteiger partial charge in [-0.25, -0.2) is 0 Å². The predicted molar refractivity (Wildman–Crippen MR) is 63.7 cm³/mol. The van der Waals surface area contributed by atoms with E-state index in [4.69, 9.17) is 10.5 Å². The van der Waals surface area contributed by atoms with Crippen molar-refractivity contribution in [2.24, 2.45) is 5.73 Å². The molecule has 1 aromatic rings. The molecule has 1 heterocycles. The molecular weight excluding hydrogens is 239 g/mol. The highest BCUT2D eigenvalue weighted by molar-refractivity contribution is 5.37. The summed E-state index contributed by atoms with van der Waals surface area (Å²) in [5, 5.41) is 10.7. The second-order valence-electron chi connectivity index (χ2n) is 4.66. The molecule has 0 aromatic heterocycles. The van der Waals surface area contributed by atoms with E-state index in [-0.39, 0.29) is 0 Å². The summed E-state index contributed by atoms with van der Waals surface area (Å²) in [6.45, 7) is 1.10. The molecule has 18 heavy (non-hydrogen) atoms. The molecule has 0 saturated carbocycles. The number of benzene rings is 1. The fourth-order valence-electron chi connectivity index (χ4n) is 2.18. The second kappa shape index (κ2) is 4.99. The van der Waals surface area contributed by atoms with Crippen LogP contribution in [0.25, 0.3) is 0 Å². The van der Waals surface area contributed by atoms with Crippen LogP contribution in [0.1, 0.15) is 18.4 Å². The molecule has 0 radical (unpaired) electrons. The second-order valence-corrected chi connectivity index (χ2v) is 4.66. The average molecular weight is 254 g/mol. The van der Waals surface area contributed by atoms with Gasteiger partial charge in [-0.05, 0) is 24.8 Å². The molecule has 98 valence electrons. The van der Waals surface area contributed by atoms with Crippen LogP contribution in [0, 0.1) is 15.9 Å². The lowest BCUT2D eigenvalue weighted by atomic mass is 9.84. The Morgan fingerprint density at radius 2 is 2.11 bits per heavy atom. The van der Waals surface area contributed by atoms with Crippen molar-refractivity contribution in [3.05, 3.63) is 39.7 Å². The van der Waals surface area contributed by atoms with E-state index in [9.17, 15) is 14.5 Å². The molecule has 0 unspecified atom stereocenters. The third kappa shape index (κ3) is 2.65. The minimum atomic E-state index is -0.779. The number of hydrogen-bond acceptors (Lipinski definition) is 4. The molecular formula is C12H15FN2O3. The third-order valence-electron chi connectivity index (χ3n) is 3.29. The van der Waals surface area contributed by atoms with Gasteiger partial charge in [-0.3, -0.25) is 10.1 Å². The van der Waals surface area contributed by atoms with Gasteiger partial charge in [-0.1, -0.05) is 12.1 Å². The number of hydrogen-bond donors (Lipinski definition) is 1. The fraction of sp³-hybridized carbons (Fsp3) is 0.500. The van der Waals surface area contributed by atoms with Crippen LogP contribution in [0.4, 0.5) is 10.1 Å². The summed E-state index contributed by atoms with van der Waals surface area (Å²) in [5.74, 6) is -0.779. The van der Waals surface area contributed by atoms with Crippen LogP contribution < -0.4 is 5.73 Å². The van der Waals surface area contributed by atoms with Crippen molar-refractivity contribution in [1.82, 2.24) is 0 Å². The number of halogens is 1. The molecule has 2 rings (SSSR count). The van der Waals surface area contributed by atoms with Gasteiger partial charge in [0, 0.05) is 24.8 Å². The molecule has 1 fully saturated rings. The number of nitrogens with two attached hydrogens (primary N) is 1. The molecule has 5 nitrogen and oxygen atoms in total. The van der Waals surface area contributed by atoms with E-state index in [1.807, 2.05) is 0 Å². The molecule has 2 N–H and O–H groups in total. The standard InChI is InChI=1S/C12H15FN2O3/c13-11-9(2-1-3-10(11)15(16)17)8-12(14)4-6-18-7-5-12/h1-3H,4-8,14H2. The number of nitro groups is 1. The van der Waals surface area contributed by atoms with Gasteiger partial charge >= 0.3 is 5.69 Å². The van der Waals surface area contributed by atoms with Crippen molar-refractivity contribution < 1.29 is 14.1 Å². The minimum absolute atomic E-state index is 0.296. The molecule has 1 aliphatic rings. The first-order chi connectivity index (χ1) is 8.52. The lowest BCUT2D eigenvalue weighted by Crippen LogP contribution is -2.47. The highest BCUT2D eigenvalue weighted by atomic mass is 19.1. The molecule has 0 atom stereocenters. The molecule has 0 bridgehead atoms. The average Bonchev–Trinajstić information content (AvgIpc) is 2.32. The van der Waals surface area contributed by atoms with Crippen molar-refractivity contribution in [3.8, 4) is 0 Å². The Kier molecular flexibility index (Phi) is 3.58. The summed E-state index contributed by atoms with van der Waals surface area (Å²) in [6.07, 6.45) is 1.56. The van der Waals surface area contributed by atoms with E-state index in [2.05, 4.69) is 0 Å². The summed E-state index contributed by atoms with van der Waals surface area (Å²) in [6, 6.07) is 4.19. The number of rotatable bonds is 3. The Balaban J connectivity index is 2.23. The van der Waals surface area contributed by atoms with E-state index in [0.29, 0.717) is 38.0 Å². The summed E-state index contributed by atoms with van der Waals surface area (Å²) >= 11 is 0. The van der Waals surface area contributed by atoms with Crippen LogP contribution in [0.15, 0.2) is 18.2 Å². The molecule has 1 aliphatic heterocycles. The quantitative estimate of drug-likeness (QED) is 0.658. The van der Waals surface area contributed by atoms with E-state index in [1.165, 1.54) is 6.07 Å². The van der Waals surface area contributed by atoms with Crippen molar-refractivity contribution in [3.63, 3.8) is 0 Å². The van der Waals surface area contributed by atoms with Crippen LogP contribution in [-0.2, 0) is 11.2 Å². The van der Waals surface area contributed by atoms with Crippen LogP contribution in [-0.4, -0.2) is 23.7 Å². The Morgan fingerprint density at radius 3 is 2.72 bits per heavy atom. The Bertz CT molecular complexity index is 459. The van der Waals surface area contributed by atoms with E-state index in [0.717, 1.165) is 6.07 Å². The maximum absolute atomic E-state index is 13.9. The molecule has 0 amide bonds. The Labute approximate surface area is 104 Å². The highest BCUT2D eigenvalue weighted by Gasteiger charge is 2.30. The summed E-state index contributed by atoms with van der Waals surface area (Å²) < 4.78 is 19.1. The first kappa shape index (κ1) is 12.9. The lowest BCUT2D eigenvalue weighted by Gasteiger charge is -2.33. The largest absolute Gasteiger partial charge is 0.381 e. The van der Waals surface area contributed by atoms with Gasteiger partial charge in [-0.15, -0.1) is 0 Å². The summed E-state index contributed by atoms with van der Waals surface area (Å²) in [7, 11) is 0. The van der Waals surface area contributed by atoms with Gasteiger partial charge in [0.1, 0.15) is 0 Å². The van der Waals surface area contributed by atoms with E-state index < -0.39 is 22.0 Å². The molecule has 0 spiro atoms. The van der Waals surface area contributed by atoms with E-state index in [1.54, 1.807) is 6.07 Å². The zero-order chi connectivity index (χ0) is 13.2. The topological polar surface area (TPSA) is 78.4 Å². The number of nitrogens with zero attached hydrogens (tertiary/aromatic N) is 1. The normalized spacial score (nSPS) is 18.6. The van der Waals surface area contributed by atoms with Gasteiger partial charge in [-0.2, -0.15) is 4.39 Å². The van der Waals surface area contributed by atoms with Crippen LogP contribution in [0.5, 0.6) is 0 Å². The third-order valence-corrected chi connectivity index (χ3v) is 3.29. The smallest absolute Gasteiger partial charge is 0.305 e. The zero-order valence-corrected chi connectivity index (χ0v) is 9.89. The monoisotopic (exact) mass is 254 g/mol. The maximum Gasteiger partial charge on any atom is 0.305 e. The van der Waals surface area contributed by atoms with Gasteiger partial charge in [0.05, 0.1) is 4.92 Å². The van der Waals surface area contributed by atoms with Crippen LogP contribution >= 0.6 is 0 Å². The van der Waals surface area contributed by atoms with Gasteiger partial charge in [0.15, 0.2) is 0 Å². The molecule has 1 saturated heterocycles. The predicted octanol–water partition coefficient (Wildman–Crippen LogP) is 1.78. The van der Waals surface area contributed by atoms with Crippen LogP contribution in [0.3, 0.4) is 0 Å². The fourth-order valence-corrected chi connectivity index (χ4v) is 2.18. The minimum Gasteiger partial charge on any atom is -0.381 e. The van der Waals surface area contributed by atoms with Gasteiger partial charge < -0.3 is 10.5 Å². The van der Waals surface area contributed by atoms with Crippen LogP contribution in [0.2, 0.25) is 0 Å². The molecule has 0 aliphatic carbocycles. The van der Waals surface area contributed by atoms with Crippen molar-refractivity contribution >= 4 is 5.69 Å². The first-order valence-corrected chi connectivity index (χ1v) is 5.80. The molecule has 6 heteroatoms. The van der Waals surface area contributed by atoms with Crippen molar-refractivity contribution in [2.45, 2.75) is 24.8 Å². The number of nitro benzene ring substituents is 1. The first-order valence-electron chi connectivity index (χ1n) is 5.80. The van der Waals surface area contributed by atoms with Gasteiger partial charge in [0.25, 0.3) is 0 Å². The maximum atomic E-state index is 13.9. The van der Waals surface area contributed by atoms with Gasteiger partial charge in [0.2, 0.25) is 5.82 Å². The summed E-state index contributed by atoms with van der Waals surface area (Å²) in [4.78, 5) is 9.94. The summed E-state index contributed by atoms with van der Waals surface area (Å²) in [5.41, 5.74) is 5.44. The Morgan fingerprint density at radius 1 is 1.44 bits per heavy atom.